The number of alkyl halides is 1. The normalized spacial score (nSPS) is 11.9. The zero-order valence-electron chi connectivity index (χ0n) is 8.87. The summed E-state index contributed by atoms with van der Waals surface area (Å²) in [7, 11) is -3.23. The van der Waals surface area contributed by atoms with Crippen LogP contribution in [0.4, 0.5) is 0 Å². The number of nitrogens with one attached hydrogen (secondary N) is 1. The Labute approximate surface area is 96.1 Å². The minimum absolute atomic E-state index is 0.0175. The average Bonchev–Trinajstić information content (AvgIpc) is 2.17. The number of hydrogen-bond acceptors (Lipinski definition) is 4. The predicted octanol–water partition coefficient (Wildman–Crippen LogP) is 0.198. The van der Waals surface area contributed by atoms with Crippen LogP contribution >= 0.6 is 11.6 Å². The second kappa shape index (κ2) is 9.35. The van der Waals surface area contributed by atoms with Crippen LogP contribution in [0.3, 0.4) is 0 Å². The molecule has 0 aromatic rings. The predicted molar refractivity (Wildman–Crippen MR) is 59.8 cm³/mol. The summed E-state index contributed by atoms with van der Waals surface area (Å²) in [6.45, 7) is 3.59. The molecule has 5 nitrogen and oxygen atoms in total. The Balaban J connectivity index is 3.47. The molecule has 0 aliphatic rings. The summed E-state index contributed by atoms with van der Waals surface area (Å²) in [6.07, 6.45) is 0. The molecule has 15 heavy (non-hydrogen) atoms. The first-order valence-corrected chi connectivity index (χ1v) is 7.00. The van der Waals surface area contributed by atoms with Gasteiger partial charge in [-0.15, -0.1) is 11.6 Å². The Bertz CT molecular complexity index is 233. The fraction of sp³-hybridized carbons (Fsp3) is 1.00. The van der Waals surface area contributed by atoms with Crippen LogP contribution in [-0.4, -0.2) is 53.0 Å². The highest BCUT2D eigenvalue weighted by molar-refractivity contribution is 7.89. The summed E-state index contributed by atoms with van der Waals surface area (Å²) >= 11 is 5.37. The SMILES string of the molecule is CCOCCS(=O)(=O)NCCOCCCl. The number of rotatable bonds is 10. The molecule has 0 heterocycles. The molecular weight excluding hydrogens is 242 g/mol. The van der Waals surface area contributed by atoms with Gasteiger partial charge in [-0.25, -0.2) is 13.1 Å². The van der Waals surface area contributed by atoms with Gasteiger partial charge in [-0.3, -0.25) is 0 Å². The van der Waals surface area contributed by atoms with Crippen LogP contribution in [0.25, 0.3) is 0 Å². The molecule has 0 aliphatic heterocycles. The molecule has 0 saturated heterocycles. The van der Waals surface area contributed by atoms with Crippen molar-refractivity contribution < 1.29 is 17.9 Å². The molecule has 1 N–H and O–H groups in total. The van der Waals surface area contributed by atoms with E-state index in [1.165, 1.54) is 0 Å². The molecule has 0 rings (SSSR count). The van der Waals surface area contributed by atoms with Gasteiger partial charge in [0.05, 0.1) is 25.6 Å². The fourth-order valence-corrected chi connectivity index (χ4v) is 1.80. The molecule has 0 fully saturated rings. The van der Waals surface area contributed by atoms with E-state index in [1.54, 1.807) is 0 Å². The summed E-state index contributed by atoms with van der Waals surface area (Å²) in [5.41, 5.74) is 0. The summed E-state index contributed by atoms with van der Waals surface area (Å²) < 4.78 is 34.9. The molecule has 0 saturated carbocycles. The van der Waals surface area contributed by atoms with Crippen molar-refractivity contribution in [3.8, 4) is 0 Å². The maximum atomic E-state index is 11.3. The van der Waals surface area contributed by atoms with E-state index >= 15 is 0 Å². The van der Waals surface area contributed by atoms with Gasteiger partial charge in [0.15, 0.2) is 0 Å². The van der Waals surface area contributed by atoms with Gasteiger partial charge < -0.3 is 9.47 Å². The van der Waals surface area contributed by atoms with Gasteiger partial charge in [0.25, 0.3) is 0 Å². The topological polar surface area (TPSA) is 64.6 Å². The summed E-state index contributed by atoms with van der Waals surface area (Å²) in [6, 6.07) is 0. The van der Waals surface area contributed by atoms with E-state index in [1.807, 2.05) is 6.92 Å². The smallest absolute Gasteiger partial charge is 0.213 e. The van der Waals surface area contributed by atoms with Gasteiger partial charge in [-0.1, -0.05) is 0 Å². The van der Waals surface area contributed by atoms with Crippen LogP contribution in [0.1, 0.15) is 6.92 Å². The van der Waals surface area contributed by atoms with Crippen LogP contribution in [-0.2, 0) is 19.5 Å². The second-order valence-electron chi connectivity index (χ2n) is 2.71. The third-order valence-electron chi connectivity index (χ3n) is 1.49. The largest absolute Gasteiger partial charge is 0.381 e. The molecule has 0 aromatic carbocycles. The second-order valence-corrected chi connectivity index (χ2v) is 5.02. The first-order valence-electron chi connectivity index (χ1n) is 4.81. The Morgan fingerprint density at radius 1 is 1.20 bits per heavy atom. The molecule has 92 valence electrons. The van der Waals surface area contributed by atoms with Crippen molar-refractivity contribution in [1.82, 2.24) is 4.72 Å². The van der Waals surface area contributed by atoms with Gasteiger partial charge >= 0.3 is 0 Å². The van der Waals surface area contributed by atoms with E-state index in [4.69, 9.17) is 21.1 Å². The highest BCUT2D eigenvalue weighted by atomic mass is 35.5. The van der Waals surface area contributed by atoms with Crippen molar-refractivity contribution in [2.45, 2.75) is 6.92 Å². The number of halogens is 1. The van der Waals surface area contributed by atoms with Crippen LogP contribution in [0.2, 0.25) is 0 Å². The van der Waals surface area contributed by atoms with Gasteiger partial charge in [0.1, 0.15) is 0 Å². The number of hydrogen-bond donors (Lipinski definition) is 1. The quantitative estimate of drug-likeness (QED) is 0.450. The lowest BCUT2D eigenvalue weighted by Crippen LogP contribution is -2.31. The van der Waals surface area contributed by atoms with Crippen molar-refractivity contribution in [3.63, 3.8) is 0 Å². The summed E-state index contributed by atoms with van der Waals surface area (Å²) in [4.78, 5) is 0. The van der Waals surface area contributed by atoms with Gasteiger partial charge in [-0.2, -0.15) is 0 Å². The van der Waals surface area contributed by atoms with E-state index in [-0.39, 0.29) is 18.9 Å². The lowest BCUT2D eigenvalue weighted by atomic mass is 10.7. The minimum atomic E-state index is -3.23. The van der Waals surface area contributed by atoms with Gasteiger partial charge in [0.2, 0.25) is 10.0 Å². The van der Waals surface area contributed by atoms with Crippen LogP contribution < -0.4 is 4.72 Å². The zero-order valence-corrected chi connectivity index (χ0v) is 10.4. The monoisotopic (exact) mass is 259 g/mol. The number of ether oxygens (including phenoxy) is 2. The van der Waals surface area contributed by atoms with Crippen molar-refractivity contribution in [1.29, 1.82) is 0 Å². The van der Waals surface area contributed by atoms with Gasteiger partial charge in [0, 0.05) is 19.0 Å². The van der Waals surface area contributed by atoms with Crippen molar-refractivity contribution in [3.05, 3.63) is 0 Å². The Hall–Kier alpha value is 0.120. The molecule has 0 aliphatic carbocycles. The Kier molecular flexibility index (Phi) is 9.43. The molecule has 0 unspecified atom stereocenters. The first kappa shape index (κ1) is 15.1. The van der Waals surface area contributed by atoms with Gasteiger partial charge in [-0.05, 0) is 6.92 Å². The first-order chi connectivity index (χ1) is 7.12. The van der Waals surface area contributed by atoms with Crippen molar-refractivity contribution in [2.75, 3.05) is 44.6 Å². The molecule has 0 aromatic heterocycles. The highest BCUT2D eigenvalue weighted by Crippen LogP contribution is 1.86. The van der Waals surface area contributed by atoms with E-state index < -0.39 is 10.0 Å². The Morgan fingerprint density at radius 2 is 1.93 bits per heavy atom. The number of sulfonamides is 1. The molecule has 0 bridgehead atoms. The van der Waals surface area contributed by atoms with E-state index in [0.29, 0.717) is 25.7 Å². The summed E-state index contributed by atoms with van der Waals surface area (Å²) in [5, 5.41) is 0. The molecule has 0 atom stereocenters. The van der Waals surface area contributed by atoms with Crippen molar-refractivity contribution in [2.24, 2.45) is 0 Å². The highest BCUT2D eigenvalue weighted by Gasteiger charge is 2.08. The Morgan fingerprint density at radius 3 is 2.53 bits per heavy atom. The maximum Gasteiger partial charge on any atom is 0.213 e. The third kappa shape index (κ3) is 10.4. The molecule has 0 spiro atoms. The van der Waals surface area contributed by atoms with Crippen LogP contribution in [0.15, 0.2) is 0 Å². The van der Waals surface area contributed by atoms with Crippen LogP contribution in [0.5, 0.6) is 0 Å². The lowest BCUT2D eigenvalue weighted by molar-refractivity contribution is 0.154. The maximum absolute atomic E-state index is 11.3. The van der Waals surface area contributed by atoms with E-state index in [9.17, 15) is 8.42 Å². The minimum Gasteiger partial charge on any atom is -0.381 e. The van der Waals surface area contributed by atoms with E-state index in [0.717, 1.165) is 0 Å². The third-order valence-corrected chi connectivity index (χ3v) is 2.99. The molecule has 7 heteroatoms. The average molecular weight is 260 g/mol. The molecule has 0 radical (unpaired) electrons. The van der Waals surface area contributed by atoms with Crippen molar-refractivity contribution >= 4 is 21.6 Å². The fourth-order valence-electron chi connectivity index (χ4n) is 0.811. The standard InChI is InChI=1S/C8H18ClNO4S/c1-2-13-7-8-15(11,12)10-4-6-14-5-3-9/h10H,2-8H2,1H3. The summed E-state index contributed by atoms with van der Waals surface area (Å²) in [5.74, 6) is 0.396. The zero-order chi connectivity index (χ0) is 11.6. The lowest BCUT2D eigenvalue weighted by Gasteiger charge is -2.06. The molecule has 0 amide bonds. The molecular formula is C8H18ClNO4S. The van der Waals surface area contributed by atoms with Crippen LogP contribution in [0, 0.1) is 0 Å². The van der Waals surface area contributed by atoms with E-state index in [2.05, 4.69) is 4.72 Å².